The van der Waals surface area contributed by atoms with Crippen LogP contribution < -0.4 is 41.7 Å². The maximum atomic E-state index is 2.62. The van der Waals surface area contributed by atoms with Gasteiger partial charge in [-0.05, 0) is 130 Å². The molecule has 3 aliphatic heterocycles. The van der Waals surface area contributed by atoms with Crippen molar-refractivity contribution in [2.45, 2.75) is 79.7 Å². The summed E-state index contributed by atoms with van der Waals surface area (Å²) in [7, 11) is -2.49. The lowest BCUT2D eigenvalue weighted by atomic mass is 9.33. The Kier molecular flexibility index (Phi) is 7.06. The maximum absolute atomic E-state index is 2.62. The molecule has 0 saturated heterocycles. The average molecular weight is 693 g/mol. The molecule has 0 spiro atoms. The molecule has 6 aromatic rings. The topological polar surface area (TPSA) is 6.48 Å². The minimum atomic E-state index is -2.49. The van der Waals surface area contributed by atoms with Crippen molar-refractivity contribution in [3.63, 3.8) is 0 Å². The third-order valence-corrected chi connectivity index (χ3v) is 16.6. The van der Waals surface area contributed by atoms with Crippen molar-refractivity contribution >= 4 is 80.9 Å². The van der Waals surface area contributed by atoms with Crippen LogP contribution in [0.25, 0.3) is 0 Å². The van der Waals surface area contributed by atoms with Gasteiger partial charge in [0.1, 0.15) is 8.07 Å². The molecular weight excluding hydrogens is 643 g/mol. The van der Waals surface area contributed by atoms with E-state index in [-0.39, 0.29) is 17.5 Å². The van der Waals surface area contributed by atoms with Gasteiger partial charge in [-0.15, -0.1) is 0 Å². The van der Waals surface area contributed by atoms with E-state index in [2.05, 4.69) is 194 Å². The van der Waals surface area contributed by atoms with Gasteiger partial charge in [-0.3, -0.25) is 0 Å². The van der Waals surface area contributed by atoms with Crippen LogP contribution in [-0.4, -0.2) is 14.8 Å². The van der Waals surface area contributed by atoms with Gasteiger partial charge in [0.25, 0.3) is 6.71 Å². The molecule has 0 aromatic heterocycles. The molecule has 52 heavy (non-hydrogen) atoms. The van der Waals surface area contributed by atoms with Crippen LogP contribution in [0.15, 0.2) is 115 Å². The monoisotopic (exact) mass is 692 g/mol. The summed E-state index contributed by atoms with van der Waals surface area (Å²) in [5.74, 6) is 0. The molecular formula is C48H49BN2Si. The highest BCUT2D eigenvalue weighted by Gasteiger charge is 2.54. The minimum absolute atomic E-state index is 0.0842. The van der Waals surface area contributed by atoms with Crippen molar-refractivity contribution in [2.75, 3.05) is 9.80 Å². The fourth-order valence-electron chi connectivity index (χ4n) is 9.48. The number of hydrogen-bond donors (Lipinski definition) is 0. The fourth-order valence-corrected chi connectivity index (χ4v) is 13.9. The Hall–Kier alpha value is -4.80. The van der Waals surface area contributed by atoms with Crippen molar-refractivity contribution in [3.8, 4) is 0 Å². The smallest absolute Gasteiger partial charge is 0.251 e. The summed E-state index contributed by atoms with van der Waals surface area (Å²) in [6, 6.07) is 45.2. The number of anilines is 6. The summed E-state index contributed by atoms with van der Waals surface area (Å²) in [5, 5.41) is 4.58. The second-order valence-electron chi connectivity index (χ2n) is 17.9. The summed E-state index contributed by atoms with van der Waals surface area (Å²) < 4.78 is 0. The van der Waals surface area contributed by atoms with E-state index in [1.54, 1.807) is 10.4 Å². The molecule has 0 fully saturated rings. The first-order chi connectivity index (χ1) is 24.7. The predicted molar refractivity (Wildman–Crippen MR) is 229 cm³/mol. The van der Waals surface area contributed by atoms with E-state index in [4.69, 9.17) is 0 Å². The Balaban J connectivity index is 1.42. The summed E-state index contributed by atoms with van der Waals surface area (Å²) in [6.45, 7) is 23.5. The van der Waals surface area contributed by atoms with E-state index < -0.39 is 8.07 Å². The highest BCUT2D eigenvalue weighted by Crippen LogP contribution is 2.46. The molecule has 0 radical (unpaired) electrons. The fraction of sp³-hybridized carbons (Fsp3) is 0.250. The highest BCUT2D eigenvalue weighted by molar-refractivity contribution is 7.21. The Labute approximate surface area is 312 Å². The summed E-state index contributed by atoms with van der Waals surface area (Å²) >= 11 is 0. The van der Waals surface area contributed by atoms with Crippen LogP contribution >= 0.6 is 0 Å². The van der Waals surface area contributed by atoms with Crippen LogP contribution in [0.2, 0.25) is 6.55 Å². The first-order valence-corrected chi connectivity index (χ1v) is 21.5. The summed E-state index contributed by atoms with van der Waals surface area (Å²) in [5.41, 5.74) is 18.9. The number of hydrogen-bond acceptors (Lipinski definition) is 2. The van der Waals surface area contributed by atoms with Crippen molar-refractivity contribution in [1.29, 1.82) is 0 Å². The Morgan fingerprint density at radius 2 is 0.827 bits per heavy atom. The van der Waals surface area contributed by atoms with Crippen LogP contribution in [0.3, 0.4) is 0 Å². The van der Waals surface area contributed by atoms with E-state index in [0.717, 1.165) is 0 Å². The lowest BCUT2D eigenvalue weighted by Crippen LogP contribution is -2.83. The molecule has 3 heterocycles. The van der Waals surface area contributed by atoms with Gasteiger partial charge in [-0.25, -0.2) is 0 Å². The molecule has 258 valence electrons. The zero-order valence-corrected chi connectivity index (χ0v) is 33.4. The molecule has 9 rings (SSSR count). The lowest BCUT2D eigenvalue weighted by Gasteiger charge is -2.51. The standard InChI is InChI=1S/C48H49BN2Si/c1-30-24-38-44-39(25-30)51(36-22-18-34(19-23-36)48(7,8)9)41-27-32(3)29-43-46(41)49(44)45-40(50(38)35-20-16-33(17-21-35)47(4,5)6)26-31(2)28-42(45)52(43,10)37-14-12-11-13-15-37/h11-29H,1-10H3. The van der Waals surface area contributed by atoms with Gasteiger partial charge in [0.2, 0.25) is 0 Å². The Bertz CT molecular complexity index is 2270. The maximum Gasteiger partial charge on any atom is 0.251 e. The first-order valence-electron chi connectivity index (χ1n) is 19.0. The molecule has 0 bridgehead atoms. The minimum Gasteiger partial charge on any atom is -0.311 e. The van der Waals surface area contributed by atoms with Gasteiger partial charge in [0.15, 0.2) is 0 Å². The number of aryl methyl sites for hydroxylation is 3. The number of nitrogens with zero attached hydrogens (tertiary/aromatic N) is 2. The second kappa shape index (κ2) is 11.1. The van der Waals surface area contributed by atoms with Crippen LogP contribution in [0, 0.1) is 20.8 Å². The third kappa shape index (κ3) is 4.69. The van der Waals surface area contributed by atoms with E-state index in [1.807, 2.05) is 0 Å². The van der Waals surface area contributed by atoms with Crippen molar-refractivity contribution in [2.24, 2.45) is 0 Å². The summed E-state index contributed by atoms with van der Waals surface area (Å²) in [6.07, 6.45) is 0. The molecule has 2 nitrogen and oxygen atoms in total. The van der Waals surface area contributed by atoms with E-state index in [9.17, 15) is 0 Å². The van der Waals surface area contributed by atoms with Gasteiger partial charge in [0.05, 0.1) is 0 Å². The van der Waals surface area contributed by atoms with Crippen LogP contribution in [0.5, 0.6) is 0 Å². The predicted octanol–water partition coefficient (Wildman–Crippen LogP) is 8.70. The van der Waals surface area contributed by atoms with Gasteiger partial charge in [-0.2, -0.15) is 0 Å². The first kappa shape index (κ1) is 33.1. The zero-order chi connectivity index (χ0) is 36.5. The Morgan fingerprint density at radius 1 is 0.462 bits per heavy atom. The molecule has 6 aromatic carbocycles. The largest absolute Gasteiger partial charge is 0.311 e. The zero-order valence-electron chi connectivity index (χ0n) is 32.4. The SMILES string of the molecule is Cc1cc2c3c(c1)N(c1ccc(C(C)(C)C)cc1)c1cc(C)cc4c1B3c1c(cc(C)cc1[Si]4(C)c1ccccc1)N2c1ccc(C(C)(C)C)cc1. The van der Waals surface area contributed by atoms with Crippen molar-refractivity contribution < 1.29 is 0 Å². The van der Waals surface area contributed by atoms with Crippen LogP contribution in [0.4, 0.5) is 34.1 Å². The molecule has 0 amide bonds. The van der Waals surface area contributed by atoms with E-state index in [1.165, 1.54) is 83.5 Å². The van der Waals surface area contributed by atoms with Crippen LogP contribution in [0.1, 0.15) is 69.4 Å². The highest BCUT2D eigenvalue weighted by atomic mass is 28.3. The van der Waals surface area contributed by atoms with Gasteiger partial charge < -0.3 is 9.80 Å². The lowest BCUT2D eigenvalue weighted by molar-refractivity contribution is 0.590. The number of benzene rings is 6. The molecule has 0 atom stereocenters. The average Bonchev–Trinajstić information content (AvgIpc) is 3.09. The normalized spacial score (nSPS) is 15.2. The molecule has 0 N–H and O–H groups in total. The Morgan fingerprint density at radius 3 is 1.21 bits per heavy atom. The van der Waals surface area contributed by atoms with Crippen molar-refractivity contribution in [3.05, 3.63) is 143 Å². The number of rotatable bonds is 3. The van der Waals surface area contributed by atoms with E-state index >= 15 is 0 Å². The molecule has 0 unspecified atom stereocenters. The molecule has 0 saturated carbocycles. The third-order valence-electron chi connectivity index (χ3n) is 12.1. The quantitative estimate of drug-likeness (QED) is 0.171. The van der Waals surface area contributed by atoms with Crippen molar-refractivity contribution in [1.82, 2.24) is 0 Å². The summed E-state index contributed by atoms with van der Waals surface area (Å²) in [4.78, 5) is 5.21. The molecule has 4 heteroatoms. The molecule has 0 aliphatic carbocycles. The van der Waals surface area contributed by atoms with Gasteiger partial charge >= 0.3 is 0 Å². The van der Waals surface area contributed by atoms with Gasteiger partial charge in [-0.1, -0.05) is 125 Å². The molecule has 3 aliphatic rings. The van der Waals surface area contributed by atoms with E-state index in [0.29, 0.717) is 0 Å². The second-order valence-corrected chi connectivity index (χ2v) is 21.8. The van der Waals surface area contributed by atoms with Gasteiger partial charge in [0, 0.05) is 34.1 Å². The van der Waals surface area contributed by atoms with Crippen LogP contribution in [-0.2, 0) is 10.8 Å².